The summed E-state index contributed by atoms with van der Waals surface area (Å²) in [6.07, 6.45) is 1.96. The second kappa shape index (κ2) is 20.6. The molecule has 59 heavy (non-hydrogen) atoms. The monoisotopic (exact) mass is 813 g/mol. The van der Waals surface area contributed by atoms with Crippen LogP contribution in [-0.4, -0.2) is 93.9 Å². The maximum Gasteiger partial charge on any atom is 0.272 e. The zero-order valence-corrected chi connectivity index (χ0v) is 35.0. The molecule has 6 rings (SSSR count). The summed E-state index contributed by atoms with van der Waals surface area (Å²) in [5.41, 5.74) is 3.64. The predicted octanol–water partition coefficient (Wildman–Crippen LogP) is 5.48. The number of fused-ring (bicyclic) bond motifs is 2. The highest BCUT2D eigenvalue weighted by Crippen LogP contribution is 2.28. The van der Waals surface area contributed by atoms with Crippen LogP contribution in [-0.2, 0) is 35.8 Å². The van der Waals surface area contributed by atoms with Crippen molar-refractivity contribution in [1.29, 1.82) is 0 Å². The molecule has 2 aromatic carbocycles. The van der Waals surface area contributed by atoms with E-state index in [4.69, 9.17) is 9.97 Å². The Morgan fingerprint density at radius 3 is 1.51 bits per heavy atom. The van der Waals surface area contributed by atoms with E-state index in [1.54, 1.807) is 14.1 Å². The summed E-state index contributed by atoms with van der Waals surface area (Å²) in [6, 6.07) is 18.5. The molecule has 2 aliphatic heterocycles. The van der Waals surface area contributed by atoms with Crippen LogP contribution in [0.2, 0.25) is 0 Å². The van der Waals surface area contributed by atoms with Gasteiger partial charge in [0.25, 0.3) is 11.8 Å². The Morgan fingerprint density at radius 1 is 0.644 bits per heavy atom. The molecule has 0 unspecified atom stereocenters. The number of amides is 4. The summed E-state index contributed by atoms with van der Waals surface area (Å²) in [7, 11) is 5.21. The van der Waals surface area contributed by atoms with Gasteiger partial charge in [-0.2, -0.15) is 0 Å². The first-order valence-corrected chi connectivity index (χ1v) is 19.8. The lowest BCUT2D eigenvalue weighted by Crippen LogP contribution is -2.53. The number of carbonyl (C=O) groups excluding carboxylic acids is 4. The Morgan fingerprint density at radius 2 is 1.07 bits per heavy atom. The summed E-state index contributed by atoms with van der Waals surface area (Å²) in [5.74, 6) is 0.530. The summed E-state index contributed by atoms with van der Waals surface area (Å²) in [5, 5.41) is 14.5. The lowest BCUT2D eigenvalue weighted by Gasteiger charge is -2.29. The molecule has 0 spiro atoms. The first-order chi connectivity index (χ1) is 27.0. The largest absolute Gasteiger partial charge is 0.357 e. The SMILES string of the molecule is C.C.CNC(=O)[C@@H](NC(=O)c1nc(-c2ccccc2)n2c1CN(C)CCC2)C(C)(C)C.CNC(=O)[C@@H](NC(=O)c1nc(-c2ccccc2)n2c1CNCCC2)C(C)(C)C. The van der Waals surface area contributed by atoms with E-state index >= 15 is 0 Å². The van der Waals surface area contributed by atoms with E-state index in [1.165, 1.54) is 0 Å². The van der Waals surface area contributed by atoms with Gasteiger partial charge in [-0.15, -0.1) is 0 Å². The van der Waals surface area contributed by atoms with E-state index in [-0.39, 0.29) is 38.5 Å². The summed E-state index contributed by atoms with van der Waals surface area (Å²) in [4.78, 5) is 62.8. The van der Waals surface area contributed by atoms with Crippen molar-refractivity contribution < 1.29 is 19.2 Å². The van der Waals surface area contributed by atoms with Crippen LogP contribution in [0.3, 0.4) is 0 Å². The van der Waals surface area contributed by atoms with Crippen molar-refractivity contribution in [1.82, 2.24) is 50.6 Å². The molecule has 14 heteroatoms. The summed E-state index contributed by atoms with van der Waals surface area (Å²) >= 11 is 0. The van der Waals surface area contributed by atoms with Crippen molar-refractivity contribution in [3.05, 3.63) is 83.4 Å². The van der Waals surface area contributed by atoms with Gasteiger partial charge in [0, 0.05) is 51.4 Å². The van der Waals surface area contributed by atoms with E-state index < -0.39 is 22.9 Å². The molecule has 4 amide bonds. The summed E-state index contributed by atoms with van der Waals surface area (Å²) < 4.78 is 4.27. The normalized spacial score (nSPS) is 15.1. The predicted molar refractivity (Wildman–Crippen MR) is 236 cm³/mol. The lowest BCUT2D eigenvalue weighted by atomic mass is 9.86. The Kier molecular flexibility index (Phi) is 16.7. The van der Waals surface area contributed by atoms with Gasteiger partial charge in [0.05, 0.1) is 11.4 Å². The molecule has 4 heterocycles. The van der Waals surface area contributed by atoms with Crippen LogP contribution in [0, 0.1) is 10.8 Å². The maximum atomic E-state index is 13.3. The van der Waals surface area contributed by atoms with Crippen LogP contribution in [0.1, 0.15) is 102 Å². The molecule has 5 N–H and O–H groups in total. The van der Waals surface area contributed by atoms with Gasteiger partial charge in [-0.25, -0.2) is 9.97 Å². The zero-order chi connectivity index (χ0) is 41.5. The Hall–Kier alpha value is -5.34. The number of rotatable bonds is 8. The fourth-order valence-corrected chi connectivity index (χ4v) is 7.21. The molecular weight excluding hydrogens is 745 g/mol. The average molecular weight is 813 g/mol. The maximum absolute atomic E-state index is 13.3. The topological polar surface area (TPSA) is 167 Å². The molecule has 2 aromatic heterocycles. The minimum Gasteiger partial charge on any atom is -0.357 e. The zero-order valence-electron chi connectivity index (χ0n) is 35.0. The molecule has 0 fully saturated rings. The van der Waals surface area contributed by atoms with Gasteiger partial charge in [0.2, 0.25) is 11.8 Å². The molecule has 0 saturated carbocycles. The summed E-state index contributed by atoms with van der Waals surface area (Å²) in [6.45, 7) is 16.3. The third-order valence-electron chi connectivity index (χ3n) is 10.3. The highest BCUT2D eigenvalue weighted by Gasteiger charge is 2.36. The van der Waals surface area contributed by atoms with Crippen molar-refractivity contribution in [3.63, 3.8) is 0 Å². The fraction of sp³-hybridized carbons (Fsp3) is 0.511. The van der Waals surface area contributed by atoms with Gasteiger partial charge >= 0.3 is 0 Å². The number of aromatic nitrogens is 4. The number of likely N-dealkylation sites (N-methyl/N-ethyl adjacent to an activating group) is 2. The van der Waals surface area contributed by atoms with Gasteiger partial charge in [0.15, 0.2) is 11.4 Å². The highest BCUT2D eigenvalue weighted by molar-refractivity contribution is 5.98. The third-order valence-corrected chi connectivity index (χ3v) is 10.3. The molecule has 0 saturated heterocycles. The highest BCUT2D eigenvalue weighted by atomic mass is 16.2. The Labute approximate surface area is 351 Å². The van der Waals surface area contributed by atoms with Crippen molar-refractivity contribution in [3.8, 4) is 22.8 Å². The molecule has 2 aliphatic rings. The van der Waals surface area contributed by atoms with E-state index in [0.717, 1.165) is 73.2 Å². The Bertz CT molecular complexity index is 2030. The molecular formula is C45H68N10O4. The van der Waals surface area contributed by atoms with Crippen LogP contribution in [0.5, 0.6) is 0 Å². The molecule has 0 bridgehead atoms. The minimum absolute atomic E-state index is 0. The minimum atomic E-state index is -0.652. The number of nitrogens with one attached hydrogen (secondary N) is 5. The number of imidazole rings is 2. The van der Waals surface area contributed by atoms with Crippen molar-refractivity contribution >= 4 is 23.6 Å². The van der Waals surface area contributed by atoms with Crippen LogP contribution < -0.4 is 26.6 Å². The standard InChI is InChI=1S/C22H31N5O2.C21H29N5O2.2CH4/c1-22(2,3)18(21(29)23-4)25-20(28)17-16-14-26(5)12-9-13-27(16)19(24-17)15-10-7-6-8-11-15;1-21(2,3)17(20(28)22-4)25-19(27)16-15-13-23-11-8-12-26(15)18(24-16)14-9-6-5-7-10-14;;/h6-8,10-11,18H,9,12-14H2,1-5H3,(H,23,29)(H,25,28);5-7,9-10,17,23H,8,11-13H2,1-4H3,(H,22,28)(H,25,27);2*1H4/t18-;17-;;/m11../s1. The molecule has 0 radical (unpaired) electrons. The van der Waals surface area contributed by atoms with Crippen LogP contribution in [0.4, 0.5) is 0 Å². The number of hydrogen-bond donors (Lipinski definition) is 5. The van der Waals surface area contributed by atoms with Crippen molar-refractivity contribution in [2.45, 2.75) is 108 Å². The molecule has 0 aliphatic carbocycles. The van der Waals surface area contributed by atoms with Crippen LogP contribution in [0.25, 0.3) is 22.8 Å². The molecule has 14 nitrogen and oxygen atoms in total. The first kappa shape index (κ1) is 48.0. The lowest BCUT2D eigenvalue weighted by molar-refractivity contribution is -0.125. The number of hydrogen-bond acceptors (Lipinski definition) is 8. The average Bonchev–Trinajstić information content (AvgIpc) is 3.53. The number of carbonyl (C=O) groups is 4. The molecule has 322 valence electrons. The van der Waals surface area contributed by atoms with E-state index in [0.29, 0.717) is 24.5 Å². The molecule has 4 aromatic rings. The smallest absolute Gasteiger partial charge is 0.272 e. The van der Waals surface area contributed by atoms with Gasteiger partial charge in [0.1, 0.15) is 23.7 Å². The second-order valence-corrected chi connectivity index (χ2v) is 16.9. The fourth-order valence-electron chi connectivity index (χ4n) is 7.21. The Balaban J connectivity index is 0.000000305. The molecule has 2 atom stereocenters. The van der Waals surface area contributed by atoms with E-state index in [9.17, 15) is 19.2 Å². The quantitative estimate of drug-likeness (QED) is 0.156. The number of nitrogens with zero attached hydrogens (tertiary/aromatic N) is 5. The van der Waals surface area contributed by atoms with Crippen molar-refractivity contribution in [2.75, 3.05) is 34.2 Å². The number of benzene rings is 2. The van der Waals surface area contributed by atoms with Crippen LogP contribution >= 0.6 is 0 Å². The van der Waals surface area contributed by atoms with E-state index in [1.807, 2.05) is 102 Å². The van der Waals surface area contributed by atoms with Crippen LogP contribution in [0.15, 0.2) is 60.7 Å². The van der Waals surface area contributed by atoms with Gasteiger partial charge in [-0.05, 0) is 43.8 Å². The van der Waals surface area contributed by atoms with Gasteiger partial charge in [-0.1, -0.05) is 117 Å². The van der Waals surface area contributed by atoms with Gasteiger partial charge < -0.3 is 40.6 Å². The third kappa shape index (κ3) is 11.4. The van der Waals surface area contributed by atoms with Crippen molar-refractivity contribution in [2.24, 2.45) is 10.8 Å². The van der Waals surface area contributed by atoms with E-state index in [2.05, 4.69) is 47.7 Å². The first-order valence-electron chi connectivity index (χ1n) is 19.8. The second-order valence-electron chi connectivity index (χ2n) is 16.9. The van der Waals surface area contributed by atoms with Gasteiger partial charge in [-0.3, -0.25) is 19.2 Å².